The van der Waals surface area contributed by atoms with E-state index in [9.17, 15) is 19.2 Å². The number of hydrogen-bond donors (Lipinski definition) is 0. The second-order valence-corrected chi connectivity index (χ2v) is 24.9. The van der Waals surface area contributed by atoms with E-state index in [1.54, 1.807) is 0 Å². The number of fused-ring (bicyclic) bond motifs is 8. The zero-order chi connectivity index (χ0) is 47.7. The van der Waals surface area contributed by atoms with Gasteiger partial charge in [-0.25, -0.2) is 0 Å². The molecular formula is C52H64O8S4. The van der Waals surface area contributed by atoms with E-state index in [1.807, 2.05) is 0 Å². The van der Waals surface area contributed by atoms with Crippen molar-refractivity contribution in [2.45, 2.75) is 172 Å². The topological polar surface area (TPSA) is 105 Å². The van der Waals surface area contributed by atoms with Crippen LogP contribution < -0.4 is 18.9 Å². The molecule has 0 aromatic heterocycles. The zero-order valence-electron chi connectivity index (χ0n) is 40.3. The maximum absolute atomic E-state index is 12.7. The van der Waals surface area contributed by atoms with Gasteiger partial charge in [0.05, 0.1) is 39.2 Å². The smallest absolute Gasteiger partial charge is 0.167 e. The molecular weight excluding hydrogens is 881 g/mol. The Hall–Kier alpha value is -3.84. The third kappa shape index (κ3) is 13.2. The summed E-state index contributed by atoms with van der Waals surface area (Å²) in [4.78, 5) is 56.9. The first-order chi connectivity index (χ1) is 29.5. The first-order valence-corrected chi connectivity index (χ1v) is 24.7. The summed E-state index contributed by atoms with van der Waals surface area (Å²) in [6.07, 6.45) is 0. The van der Waals surface area contributed by atoms with E-state index in [4.69, 9.17) is 18.9 Å². The van der Waals surface area contributed by atoms with Gasteiger partial charge in [0.2, 0.25) is 0 Å². The van der Waals surface area contributed by atoms with Gasteiger partial charge in [-0.15, -0.1) is 0 Å². The average molecular weight is 945 g/mol. The molecule has 0 atom stereocenters. The summed E-state index contributed by atoms with van der Waals surface area (Å²) in [5, 5.41) is 0. The van der Waals surface area contributed by atoms with Crippen molar-refractivity contribution >= 4 is 70.2 Å². The molecule has 64 heavy (non-hydrogen) atoms. The number of carbonyl (C=O) groups excluding carboxylic acids is 4. The van der Waals surface area contributed by atoms with Crippen LogP contribution in [-0.2, 0) is 40.8 Å². The Bertz CT molecular complexity index is 2020. The standard InChI is InChI=1S/C52H64O8S4/c1-29(53)25-57-45-37-17-33(49(5,6)7)18-38(45)62-40-20-35(51(11,12)13)22-42(47(40)59-27-31(3)55)64-44-24-36(52(14,15)16)23-43(48(44)60-28-32(4)56)63-41-21-34(50(8,9)10)19-39(61-37)46(41)58-26-30(2)54/h17-24H,25-28H2,1-16H3. The van der Waals surface area contributed by atoms with Crippen LogP contribution in [0.25, 0.3) is 0 Å². The quantitative estimate of drug-likeness (QED) is 0.119. The zero-order valence-corrected chi connectivity index (χ0v) is 43.6. The summed E-state index contributed by atoms with van der Waals surface area (Å²) in [5.74, 6) is 1.54. The van der Waals surface area contributed by atoms with Crippen molar-refractivity contribution in [2.24, 2.45) is 0 Å². The van der Waals surface area contributed by atoms with Crippen molar-refractivity contribution in [3.8, 4) is 23.0 Å². The van der Waals surface area contributed by atoms with E-state index in [0.717, 1.165) is 61.4 Å². The van der Waals surface area contributed by atoms with Gasteiger partial charge >= 0.3 is 0 Å². The highest BCUT2D eigenvalue weighted by Gasteiger charge is 2.31. The average Bonchev–Trinajstić information content (AvgIpc) is 3.13. The van der Waals surface area contributed by atoms with Crippen molar-refractivity contribution in [3.63, 3.8) is 0 Å². The van der Waals surface area contributed by atoms with Crippen LogP contribution in [0.15, 0.2) is 87.7 Å². The Morgan fingerprint density at radius 3 is 0.578 bits per heavy atom. The number of ketones is 4. The number of ether oxygens (including phenoxy) is 4. The predicted molar refractivity (Wildman–Crippen MR) is 262 cm³/mol. The third-order valence-electron chi connectivity index (χ3n) is 10.1. The normalized spacial score (nSPS) is 13.2. The number of benzene rings is 4. The molecule has 8 nitrogen and oxygen atoms in total. The van der Waals surface area contributed by atoms with Crippen LogP contribution in [0.3, 0.4) is 0 Å². The molecule has 1 aliphatic rings. The van der Waals surface area contributed by atoms with Gasteiger partial charge < -0.3 is 18.9 Å². The Labute approximate surface area is 397 Å². The summed E-state index contributed by atoms with van der Waals surface area (Å²) < 4.78 is 26.3. The molecule has 1 heterocycles. The summed E-state index contributed by atoms with van der Waals surface area (Å²) in [6, 6.07) is 16.9. The van der Waals surface area contributed by atoms with E-state index in [0.29, 0.717) is 23.0 Å². The van der Waals surface area contributed by atoms with Crippen molar-refractivity contribution in [1.82, 2.24) is 0 Å². The van der Waals surface area contributed by atoms with E-state index in [2.05, 4.69) is 132 Å². The van der Waals surface area contributed by atoms with E-state index in [1.165, 1.54) is 74.7 Å². The van der Waals surface area contributed by atoms with Crippen molar-refractivity contribution in [2.75, 3.05) is 26.4 Å². The van der Waals surface area contributed by atoms with Crippen LogP contribution in [0.5, 0.6) is 23.0 Å². The maximum atomic E-state index is 12.7. The molecule has 0 unspecified atom stereocenters. The van der Waals surface area contributed by atoms with Gasteiger partial charge in [0.15, 0.2) is 23.1 Å². The van der Waals surface area contributed by atoms with Gasteiger partial charge in [0, 0.05) is 0 Å². The Morgan fingerprint density at radius 1 is 0.328 bits per heavy atom. The summed E-state index contributed by atoms with van der Waals surface area (Å²) >= 11 is 5.86. The summed E-state index contributed by atoms with van der Waals surface area (Å²) in [5.41, 5.74) is 2.91. The van der Waals surface area contributed by atoms with Gasteiger partial charge in [-0.1, -0.05) is 130 Å². The van der Waals surface area contributed by atoms with Crippen LogP contribution in [0.2, 0.25) is 0 Å². The van der Waals surface area contributed by atoms with Gasteiger partial charge in [0.1, 0.15) is 49.4 Å². The number of carbonyl (C=O) groups is 4. The molecule has 0 spiro atoms. The van der Waals surface area contributed by atoms with Crippen LogP contribution >= 0.6 is 47.0 Å². The van der Waals surface area contributed by atoms with Gasteiger partial charge in [-0.05, 0) is 120 Å². The monoisotopic (exact) mass is 944 g/mol. The summed E-state index contributed by atoms with van der Waals surface area (Å²) in [6.45, 7) is 31.3. The molecule has 12 heteroatoms. The van der Waals surface area contributed by atoms with Crippen molar-refractivity contribution in [1.29, 1.82) is 0 Å². The molecule has 0 saturated heterocycles. The lowest BCUT2D eigenvalue weighted by Crippen LogP contribution is -2.15. The SMILES string of the molecule is CC(=O)COc1c2cc(C(C)(C)C)cc1Sc1cc(C(C)(C)C)cc(c1OCC(C)=O)Sc1cc(C(C)(C)C)cc(c1OCC(C)=O)Sc1cc(C(C)(C)C)cc(c1OCC(C)=O)S2. The van der Waals surface area contributed by atoms with Crippen LogP contribution in [-0.4, -0.2) is 49.6 Å². The number of rotatable bonds is 12. The highest BCUT2D eigenvalue weighted by molar-refractivity contribution is 8.01. The van der Waals surface area contributed by atoms with Gasteiger partial charge in [-0.2, -0.15) is 0 Å². The molecule has 5 rings (SSSR count). The van der Waals surface area contributed by atoms with Gasteiger partial charge in [0.25, 0.3) is 0 Å². The van der Waals surface area contributed by atoms with Crippen LogP contribution in [0.1, 0.15) is 133 Å². The molecule has 8 bridgehead atoms. The van der Waals surface area contributed by atoms with E-state index < -0.39 is 0 Å². The molecule has 0 amide bonds. The number of Topliss-reactive ketones (excluding diaryl/α,β-unsaturated/α-hetero) is 4. The molecule has 0 aliphatic carbocycles. The fourth-order valence-electron chi connectivity index (χ4n) is 6.38. The minimum Gasteiger partial charge on any atom is -0.483 e. The van der Waals surface area contributed by atoms with Crippen LogP contribution in [0.4, 0.5) is 0 Å². The molecule has 1 aliphatic heterocycles. The van der Waals surface area contributed by atoms with E-state index >= 15 is 0 Å². The maximum Gasteiger partial charge on any atom is 0.167 e. The molecule has 0 saturated carbocycles. The molecule has 4 aromatic carbocycles. The van der Waals surface area contributed by atoms with E-state index in [-0.39, 0.29) is 71.2 Å². The van der Waals surface area contributed by atoms with Crippen molar-refractivity contribution < 1.29 is 38.1 Å². The Kier molecular flexibility index (Phi) is 15.9. The van der Waals surface area contributed by atoms with Crippen LogP contribution in [0, 0.1) is 0 Å². The summed E-state index contributed by atoms with van der Waals surface area (Å²) in [7, 11) is 0. The lowest BCUT2D eigenvalue weighted by Gasteiger charge is -2.28. The highest BCUT2D eigenvalue weighted by Crippen LogP contribution is 2.56. The fraction of sp³-hybridized carbons (Fsp3) is 0.462. The predicted octanol–water partition coefficient (Wildman–Crippen LogP) is 13.7. The first-order valence-electron chi connectivity index (χ1n) is 21.5. The van der Waals surface area contributed by atoms with Crippen molar-refractivity contribution in [3.05, 3.63) is 70.8 Å². The first kappa shape index (κ1) is 51.1. The molecule has 4 aromatic rings. The minimum atomic E-state index is -0.307. The fourth-order valence-corrected chi connectivity index (χ4v) is 11.2. The second kappa shape index (κ2) is 19.9. The third-order valence-corrected chi connectivity index (χ3v) is 14.3. The lowest BCUT2D eigenvalue weighted by molar-refractivity contribution is -0.119. The largest absolute Gasteiger partial charge is 0.483 e. The van der Waals surface area contributed by atoms with Gasteiger partial charge in [-0.3, -0.25) is 19.2 Å². The molecule has 0 fully saturated rings. The molecule has 0 radical (unpaired) electrons. The Balaban J connectivity index is 2.05. The minimum absolute atomic E-state index is 0.134. The molecule has 0 N–H and O–H groups in total. The lowest BCUT2D eigenvalue weighted by atomic mass is 9.87. The second-order valence-electron chi connectivity index (χ2n) is 20.6. The number of hydrogen-bond acceptors (Lipinski definition) is 12. The Morgan fingerprint density at radius 2 is 0.469 bits per heavy atom. The highest BCUT2D eigenvalue weighted by atomic mass is 32.2. The molecule has 344 valence electrons.